The molecule has 0 fully saturated rings. The molecule has 17 heavy (non-hydrogen) atoms. The lowest BCUT2D eigenvalue weighted by Gasteiger charge is -2.05. The first kappa shape index (κ1) is 12.1. The quantitative estimate of drug-likeness (QED) is 0.654. The molecule has 0 atom stereocenters. The van der Waals surface area contributed by atoms with Gasteiger partial charge >= 0.3 is 0 Å². The number of nitrogen functional groups attached to an aromatic ring is 1. The van der Waals surface area contributed by atoms with Crippen LogP contribution in [-0.4, -0.2) is 6.61 Å². The van der Waals surface area contributed by atoms with Gasteiger partial charge in [0.15, 0.2) is 0 Å². The van der Waals surface area contributed by atoms with Gasteiger partial charge in [-0.1, -0.05) is 12.1 Å². The van der Waals surface area contributed by atoms with E-state index in [1.165, 1.54) is 10.9 Å². The number of hydrogen-bond acceptors (Lipinski definition) is 3. The summed E-state index contributed by atoms with van der Waals surface area (Å²) in [6.45, 7) is 0.891. The molecule has 0 spiro atoms. The number of anilines is 1. The number of nitrogens with two attached hydrogens (primary N) is 1. The first-order valence-electron chi connectivity index (χ1n) is 5.40. The summed E-state index contributed by atoms with van der Waals surface area (Å²) < 4.78 is 18.8. The van der Waals surface area contributed by atoms with Crippen LogP contribution in [0.2, 0.25) is 0 Å². The molecular formula is C13H14FNOS. The van der Waals surface area contributed by atoms with E-state index in [-0.39, 0.29) is 12.4 Å². The minimum absolute atomic E-state index is 0.289. The lowest BCUT2D eigenvalue weighted by Crippen LogP contribution is -2.00. The van der Waals surface area contributed by atoms with Crippen LogP contribution < -0.4 is 5.73 Å². The molecule has 4 heteroatoms. The second-order valence-electron chi connectivity index (χ2n) is 3.73. The molecule has 0 radical (unpaired) electrons. The predicted octanol–water partition coefficient (Wildman–Crippen LogP) is 3.23. The third-order valence-corrected chi connectivity index (χ3v) is 3.34. The molecule has 90 valence electrons. The third kappa shape index (κ3) is 3.54. The lowest BCUT2D eigenvalue weighted by atomic mass is 10.2. The van der Waals surface area contributed by atoms with Crippen LogP contribution in [0.25, 0.3) is 0 Å². The zero-order valence-corrected chi connectivity index (χ0v) is 10.2. The maximum Gasteiger partial charge on any atom is 0.130 e. The average Bonchev–Trinajstić information content (AvgIpc) is 2.79. The first-order chi connectivity index (χ1) is 8.25. The molecule has 0 unspecified atom stereocenters. The standard InChI is InChI=1S/C13H14FNOS/c14-13-8-11(15)4-3-10(13)9-16-6-5-12-2-1-7-17-12/h1-4,7-8H,5-6,9,15H2. The van der Waals surface area contributed by atoms with Crippen LogP contribution in [0.5, 0.6) is 0 Å². The molecule has 0 aliphatic rings. The van der Waals surface area contributed by atoms with Crippen LogP contribution in [0.3, 0.4) is 0 Å². The monoisotopic (exact) mass is 251 g/mol. The molecule has 2 N–H and O–H groups in total. The van der Waals surface area contributed by atoms with Crippen LogP contribution in [-0.2, 0) is 17.8 Å². The molecule has 1 aromatic carbocycles. The van der Waals surface area contributed by atoms with E-state index in [1.54, 1.807) is 23.5 Å². The summed E-state index contributed by atoms with van der Waals surface area (Å²) in [7, 11) is 0. The number of ether oxygens (including phenoxy) is 1. The van der Waals surface area contributed by atoms with Crippen molar-refractivity contribution in [3.8, 4) is 0 Å². The Balaban J connectivity index is 1.78. The molecule has 0 saturated carbocycles. The van der Waals surface area contributed by atoms with E-state index in [2.05, 4.69) is 6.07 Å². The van der Waals surface area contributed by atoms with Gasteiger partial charge in [0.1, 0.15) is 5.82 Å². The lowest BCUT2D eigenvalue weighted by molar-refractivity contribution is 0.122. The molecular weight excluding hydrogens is 237 g/mol. The zero-order valence-electron chi connectivity index (χ0n) is 9.36. The van der Waals surface area contributed by atoms with Crippen LogP contribution in [0.1, 0.15) is 10.4 Å². The number of benzene rings is 1. The van der Waals surface area contributed by atoms with Crippen molar-refractivity contribution >= 4 is 17.0 Å². The second kappa shape index (κ2) is 5.80. The van der Waals surface area contributed by atoms with Gasteiger partial charge in [-0.15, -0.1) is 11.3 Å². The summed E-state index contributed by atoms with van der Waals surface area (Å²) >= 11 is 1.70. The Bertz CT molecular complexity index is 470. The number of rotatable bonds is 5. The van der Waals surface area contributed by atoms with Gasteiger partial charge in [-0.2, -0.15) is 0 Å². The second-order valence-corrected chi connectivity index (χ2v) is 4.77. The fourth-order valence-electron chi connectivity index (χ4n) is 1.49. The van der Waals surface area contributed by atoms with Crippen molar-refractivity contribution < 1.29 is 9.13 Å². The summed E-state index contributed by atoms with van der Waals surface area (Å²) in [5, 5.41) is 2.04. The summed E-state index contributed by atoms with van der Waals surface area (Å²) in [5.41, 5.74) is 6.45. The van der Waals surface area contributed by atoms with E-state index in [0.29, 0.717) is 17.9 Å². The molecule has 0 aliphatic carbocycles. The summed E-state index contributed by atoms with van der Waals surface area (Å²) in [6.07, 6.45) is 0.869. The Morgan fingerprint density at radius 2 is 2.18 bits per heavy atom. The van der Waals surface area contributed by atoms with Crippen LogP contribution in [0, 0.1) is 5.82 Å². The highest BCUT2D eigenvalue weighted by molar-refractivity contribution is 7.09. The highest BCUT2D eigenvalue weighted by atomic mass is 32.1. The van der Waals surface area contributed by atoms with Crippen LogP contribution >= 0.6 is 11.3 Å². The Morgan fingerprint density at radius 1 is 1.29 bits per heavy atom. The normalized spacial score (nSPS) is 10.6. The number of thiophene rings is 1. The van der Waals surface area contributed by atoms with Crippen molar-refractivity contribution in [2.45, 2.75) is 13.0 Å². The molecule has 1 aromatic heterocycles. The van der Waals surface area contributed by atoms with E-state index in [1.807, 2.05) is 11.4 Å². The molecule has 0 amide bonds. The number of halogens is 1. The van der Waals surface area contributed by atoms with Crippen molar-refractivity contribution in [1.29, 1.82) is 0 Å². The minimum Gasteiger partial charge on any atom is -0.399 e. The van der Waals surface area contributed by atoms with Gasteiger partial charge in [0.05, 0.1) is 13.2 Å². The molecule has 2 aromatic rings. The first-order valence-corrected chi connectivity index (χ1v) is 6.27. The van der Waals surface area contributed by atoms with Crippen molar-refractivity contribution in [3.63, 3.8) is 0 Å². The third-order valence-electron chi connectivity index (χ3n) is 2.41. The predicted molar refractivity (Wildman–Crippen MR) is 68.5 cm³/mol. The maximum atomic E-state index is 13.4. The van der Waals surface area contributed by atoms with Gasteiger partial charge in [0.25, 0.3) is 0 Å². The van der Waals surface area contributed by atoms with Crippen molar-refractivity contribution in [1.82, 2.24) is 0 Å². The SMILES string of the molecule is Nc1ccc(COCCc2cccs2)c(F)c1. The highest BCUT2D eigenvalue weighted by Gasteiger charge is 2.02. The fourth-order valence-corrected chi connectivity index (χ4v) is 2.18. The average molecular weight is 251 g/mol. The van der Waals surface area contributed by atoms with E-state index >= 15 is 0 Å². The summed E-state index contributed by atoms with van der Waals surface area (Å²) in [5.74, 6) is -0.305. The van der Waals surface area contributed by atoms with E-state index in [9.17, 15) is 4.39 Å². The van der Waals surface area contributed by atoms with Crippen molar-refractivity contribution in [3.05, 3.63) is 52.0 Å². The smallest absolute Gasteiger partial charge is 0.130 e. The number of hydrogen-bond donors (Lipinski definition) is 1. The van der Waals surface area contributed by atoms with Gasteiger partial charge in [-0.3, -0.25) is 0 Å². The molecule has 2 nitrogen and oxygen atoms in total. The van der Waals surface area contributed by atoms with Crippen LogP contribution in [0.15, 0.2) is 35.7 Å². The van der Waals surface area contributed by atoms with E-state index in [0.717, 1.165) is 6.42 Å². The fraction of sp³-hybridized carbons (Fsp3) is 0.231. The molecule has 0 bridgehead atoms. The Kier molecular flexibility index (Phi) is 4.12. The molecule has 0 aliphatic heterocycles. The topological polar surface area (TPSA) is 35.2 Å². The van der Waals surface area contributed by atoms with E-state index in [4.69, 9.17) is 10.5 Å². The van der Waals surface area contributed by atoms with Gasteiger partial charge in [0, 0.05) is 22.5 Å². The van der Waals surface area contributed by atoms with Crippen molar-refractivity contribution in [2.75, 3.05) is 12.3 Å². The Morgan fingerprint density at radius 3 is 2.88 bits per heavy atom. The van der Waals surface area contributed by atoms with E-state index < -0.39 is 0 Å². The van der Waals surface area contributed by atoms with Gasteiger partial charge in [0.2, 0.25) is 0 Å². The summed E-state index contributed by atoms with van der Waals surface area (Å²) in [6, 6.07) is 8.74. The zero-order chi connectivity index (χ0) is 12.1. The molecule has 0 saturated heterocycles. The Labute approximate surface area is 104 Å². The Hall–Kier alpha value is -1.39. The largest absolute Gasteiger partial charge is 0.399 e. The van der Waals surface area contributed by atoms with Gasteiger partial charge in [-0.25, -0.2) is 4.39 Å². The van der Waals surface area contributed by atoms with Crippen LogP contribution in [0.4, 0.5) is 10.1 Å². The van der Waals surface area contributed by atoms with Gasteiger partial charge < -0.3 is 10.5 Å². The molecule has 2 rings (SSSR count). The van der Waals surface area contributed by atoms with Crippen molar-refractivity contribution in [2.24, 2.45) is 0 Å². The highest BCUT2D eigenvalue weighted by Crippen LogP contribution is 2.13. The molecule has 1 heterocycles. The summed E-state index contributed by atoms with van der Waals surface area (Å²) in [4.78, 5) is 1.28. The maximum absolute atomic E-state index is 13.4. The minimum atomic E-state index is -0.305. The van der Waals surface area contributed by atoms with Gasteiger partial charge in [-0.05, 0) is 23.6 Å².